The average molecular weight is 410 g/mol. The highest BCUT2D eigenvalue weighted by atomic mass is 19.4. The molecule has 0 aliphatic carbocycles. The van der Waals surface area contributed by atoms with Gasteiger partial charge in [0, 0.05) is 14.1 Å². The Balaban J connectivity index is 2.52. The second kappa shape index (κ2) is 7.68. The fraction of sp³-hybridized carbons (Fsp3) is 0.438. The van der Waals surface area contributed by atoms with Crippen LogP contribution in [0.4, 0.5) is 32.2 Å². The van der Waals surface area contributed by atoms with E-state index in [1.54, 1.807) is 21.0 Å². The van der Waals surface area contributed by atoms with Crippen molar-refractivity contribution in [3.8, 4) is 0 Å². The molecule has 0 spiro atoms. The van der Waals surface area contributed by atoms with Crippen LogP contribution in [0.2, 0.25) is 0 Å². The highest BCUT2D eigenvalue weighted by Crippen LogP contribution is 2.41. The molecule has 12 heteroatoms. The first-order chi connectivity index (χ1) is 12.8. The minimum absolute atomic E-state index is 0.0405. The van der Waals surface area contributed by atoms with Gasteiger partial charge in [0.2, 0.25) is 0 Å². The van der Waals surface area contributed by atoms with Gasteiger partial charge in [-0.1, -0.05) is 12.1 Å². The highest BCUT2D eigenvalue weighted by molar-refractivity contribution is 5.95. The number of anilines is 1. The minimum atomic E-state index is -5.09. The molecule has 0 fully saturated rings. The number of nitrogens with one attached hydrogen (secondary N) is 1. The standard InChI is InChI=1S/C16H16F6N4O2/c1-4-11(14(27)23-7-26(2)3)24-13-9-5-8(15(17,18)19)6-10(16(20,21)22)12(9)28-25-13/h5-7,11H,4H2,1-3H3,(H,24,25). The van der Waals surface area contributed by atoms with Crippen LogP contribution in [0.25, 0.3) is 11.0 Å². The number of hydrogen-bond acceptors (Lipinski definition) is 4. The van der Waals surface area contributed by atoms with Crippen molar-refractivity contribution in [3.63, 3.8) is 0 Å². The third kappa shape index (κ3) is 4.73. The van der Waals surface area contributed by atoms with E-state index in [0.29, 0.717) is 6.07 Å². The molecule has 1 aromatic carbocycles. The SMILES string of the molecule is CCC(Nc1noc2c(C(F)(F)F)cc(C(F)(F)F)cc12)C(=O)N=CN(C)C. The van der Waals surface area contributed by atoms with Crippen molar-refractivity contribution >= 4 is 29.0 Å². The lowest BCUT2D eigenvalue weighted by Crippen LogP contribution is -2.28. The number of aromatic nitrogens is 1. The molecule has 0 aliphatic rings. The number of alkyl halides is 6. The van der Waals surface area contributed by atoms with Crippen molar-refractivity contribution < 1.29 is 35.7 Å². The Morgan fingerprint density at radius 3 is 2.39 bits per heavy atom. The van der Waals surface area contributed by atoms with Crippen LogP contribution in [0.5, 0.6) is 0 Å². The summed E-state index contributed by atoms with van der Waals surface area (Å²) in [5.74, 6) is -1.08. The number of amides is 1. The van der Waals surface area contributed by atoms with Crippen molar-refractivity contribution in [1.82, 2.24) is 10.1 Å². The van der Waals surface area contributed by atoms with Crippen LogP contribution in [-0.4, -0.2) is 42.4 Å². The van der Waals surface area contributed by atoms with Crippen molar-refractivity contribution in [2.45, 2.75) is 31.7 Å². The molecule has 1 unspecified atom stereocenters. The van der Waals surface area contributed by atoms with E-state index in [1.807, 2.05) is 0 Å². The number of nitrogens with zero attached hydrogens (tertiary/aromatic N) is 3. The van der Waals surface area contributed by atoms with E-state index in [0.717, 1.165) is 0 Å². The number of aliphatic imine (C=N–C) groups is 1. The molecule has 28 heavy (non-hydrogen) atoms. The maximum Gasteiger partial charge on any atom is 0.420 e. The second-order valence-corrected chi connectivity index (χ2v) is 6.08. The summed E-state index contributed by atoms with van der Waals surface area (Å²) < 4.78 is 83.3. The van der Waals surface area contributed by atoms with E-state index < -0.39 is 52.2 Å². The number of rotatable bonds is 5. The summed E-state index contributed by atoms with van der Waals surface area (Å²) in [4.78, 5) is 17.2. The first-order valence-corrected chi connectivity index (χ1v) is 7.93. The summed E-state index contributed by atoms with van der Waals surface area (Å²) in [5, 5.41) is 5.36. The molecule has 2 rings (SSSR count). The van der Waals surface area contributed by atoms with Crippen LogP contribution in [-0.2, 0) is 17.1 Å². The van der Waals surface area contributed by atoms with Crippen LogP contribution in [0.15, 0.2) is 21.6 Å². The van der Waals surface area contributed by atoms with Gasteiger partial charge in [0.1, 0.15) is 11.6 Å². The van der Waals surface area contributed by atoms with Crippen molar-refractivity contribution in [3.05, 3.63) is 23.3 Å². The molecule has 6 nitrogen and oxygen atoms in total. The van der Waals surface area contributed by atoms with Gasteiger partial charge in [-0.15, -0.1) is 0 Å². The molecule has 1 aromatic heterocycles. The third-order valence-electron chi connectivity index (χ3n) is 3.64. The molecule has 1 N–H and O–H groups in total. The van der Waals surface area contributed by atoms with E-state index in [4.69, 9.17) is 0 Å². The summed E-state index contributed by atoms with van der Waals surface area (Å²) in [5.41, 5.74) is -3.98. The normalized spacial score (nSPS) is 13.9. The van der Waals surface area contributed by atoms with Gasteiger partial charge in [0.05, 0.1) is 17.3 Å². The Kier molecular flexibility index (Phi) is 5.90. The van der Waals surface area contributed by atoms with Gasteiger partial charge in [0.15, 0.2) is 11.4 Å². The van der Waals surface area contributed by atoms with Crippen molar-refractivity contribution in [2.24, 2.45) is 4.99 Å². The van der Waals surface area contributed by atoms with E-state index >= 15 is 0 Å². The highest BCUT2D eigenvalue weighted by Gasteiger charge is 2.40. The molecule has 2 aromatic rings. The van der Waals surface area contributed by atoms with Gasteiger partial charge in [-0.3, -0.25) is 4.79 Å². The van der Waals surface area contributed by atoms with E-state index in [-0.39, 0.29) is 12.5 Å². The van der Waals surface area contributed by atoms with Crippen LogP contribution in [0, 0.1) is 0 Å². The summed E-state index contributed by atoms with van der Waals surface area (Å²) in [6.45, 7) is 1.59. The van der Waals surface area contributed by atoms with Gasteiger partial charge in [-0.25, -0.2) is 4.99 Å². The Morgan fingerprint density at radius 2 is 1.89 bits per heavy atom. The zero-order valence-electron chi connectivity index (χ0n) is 14.9. The first kappa shape index (κ1) is 21.5. The van der Waals surface area contributed by atoms with Crippen LogP contribution in [0.3, 0.4) is 0 Å². The maximum atomic E-state index is 13.2. The lowest BCUT2D eigenvalue weighted by Gasteiger charge is -2.14. The predicted octanol–water partition coefficient (Wildman–Crippen LogP) is 4.17. The molecule has 0 saturated heterocycles. The number of benzene rings is 1. The third-order valence-corrected chi connectivity index (χ3v) is 3.64. The van der Waals surface area contributed by atoms with Crippen LogP contribution >= 0.6 is 0 Å². The number of hydrogen-bond donors (Lipinski definition) is 1. The maximum absolute atomic E-state index is 13.2. The van der Waals surface area contributed by atoms with Crippen LogP contribution < -0.4 is 5.32 Å². The van der Waals surface area contributed by atoms with E-state index in [9.17, 15) is 31.1 Å². The number of fused-ring (bicyclic) bond motifs is 1. The Morgan fingerprint density at radius 1 is 1.25 bits per heavy atom. The fourth-order valence-electron chi connectivity index (χ4n) is 2.29. The zero-order chi connectivity index (χ0) is 21.3. The van der Waals surface area contributed by atoms with Gasteiger partial charge >= 0.3 is 12.4 Å². The van der Waals surface area contributed by atoms with Crippen molar-refractivity contribution in [2.75, 3.05) is 19.4 Å². The lowest BCUT2D eigenvalue weighted by atomic mass is 10.1. The molecule has 1 amide bonds. The molecule has 0 radical (unpaired) electrons. The van der Waals surface area contributed by atoms with Crippen molar-refractivity contribution in [1.29, 1.82) is 0 Å². The quantitative estimate of drug-likeness (QED) is 0.455. The van der Waals surface area contributed by atoms with Gasteiger partial charge in [-0.05, 0) is 18.6 Å². The summed E-state index contributed by atoms with van der Waals surface area (Å²) in [6, 6.07) is -0.571. The molecule has 1 atom stereocenters. The van der Waals surface area contributed by atoms with Crippen LogP contribution in [0.1, 0.15) is 24.5 Å². The molecule has 0 aliphatic heterocycles. The second-order valence-electron chi connectivity index (χ2n) is 6.08. The number of halogens is 6. The van der Waals surface area contributed by atoms with E-state index in [2.05, 4.69) is 20.0 Å². The molecule has 1 heterocycles. The minimum Gasteiger partial charge on any atom is -0.369 e. The van der Waals surface area contributed by atoms with E-state index in [1.165, 1.54) is 11.2 Å². The summed E-state index contributed by atoms with van der Waals surface area (Å²) >= 11 is 0. The molecular formula is C16H16F6N4O2. The lowest BCUT2D eigenvalue weighted by molar-refractivity contribution is -0.142. The predicted molar refractivity (Wildman–Crippen MR) is 88.9 cm³/mol. The van der Waals surface area contributed by atoms with Gasteiger partial charge in [0.25, 0.3) is 5.91 Å². The Bertz CT molecular complexity index is 886. The Hall–Kier alpha value is -2.79. The fourth-order valence-corrected chi connectivity index (χ4v) is 2.29. The zero-order valence-corrected chi connectivity index (χ0v) is 14.9. The average Bonchev–Trinajstić information content (AvgIpc) is 2.97. The number of carbonyl (C=O) groups excluding carboxylic acids is 1. The van der Waals surface area contributed by atoms with Gasteiger partial charge < -0.3 is 14.7 Å². The summed E-state index contributed by atoms with van der Waals surface area (Å²) in [6.07, 6.45) is -8.73. The monoisotopic (exact) mass is 410 g/mol. The largest absolute Gasteiger partial charge is 0.420 e. The topological polar surface area (TPSA) is 70.7 Å². The smallest absolute Gasteiger partial charge is 0.369 e. The molecule has 0 bridgehead atoms. The molecule has 154 valence electrons. The molecule has 0 saturated carbocycles. The summed E-state index contributed by atoms with van der Waals surface area (Å²) in [7, 11) is 3.24. The molecular weight excluding hydrogens is 394 g/mol. The number of carbonyl (C=O) groups is 1. The van der Waals surface area contributed by atoms with Gasteiger partial charge in [-0.2, -0.15) is 26.3 Å². The first-order valence-electron chi connectivity index (χ1n) is 7.93. The Labute approximate surface area is 155 Å².